The van der Waals surface area contributed by atoms with Gasteiger partial charge in [0.15, 0.2) is 0 Å². The molecule has 0 aliphatic heterocycles. The third-order valence-corrected chi connectivity index (χ3v) is 3.09. The second kappa shape index (κ2) is 4.47. The fraction of sp³-hybridized carbons (Fsp3) is 0.182. The van der Waals surface area contributed by atoms with Gasteiger partial charge >= 0.3 is 5.69 Å². The molecule has 1 N–H and O–H groups in total. The average Bonchev–Trinajstić information content (AvgIpc) is 2.50. The monoisotopic (exact) mass is 272 g/mol. The number of hydrogen-bond acceptors (Lipinski definition) is 2. The molecule has 6 heteroatoms. The Morgan fingerprint density at radius 1 is 1.35 bits per heavy atom. The van der Waals surface area contributed by atoms with Crippen LogP contribution in [0.5, 0.6) is 5.88 Å². The second-order valence-electron chi connectivity index (χ2n) is 3.69. The molecule has 0 unspecified atom stereocenters. The van der Waals surface area contributed by atoms with E-state index in [4.69, 9.17) is 23.2 Å². The van der Waals surface area contributed by atoms with Crippen LogP contribution < -0.4 is 5.69 Å². The van der Waals surface area contributed by atoms with Crippen molar-refractivity contribution in [2.24, 2.45) is 7.05 Å². The minimum atomic E-state index is -0.298. The Morgan fingerprint density at radius 3 is 2.59 bits per heavy atom. The van der Waals surface area contributed by atoms with E-state index in [9.17, 15) is 9.90 Å². The van der Waals surface area contributed by atoms with Crippen molar-refractivity contribution in [3.63, 3.8) is 0 Å². The van der Waals surface area contributed by atoms with Gasteiger partial charge in [-0.3, -0.25) is 9.13 Å². The van der Waals surface area contributed by atoms with Gasteiger partial charge in [-0.2, -0.15) is 0 Å². The van der Waals surface area contributed by atoms with E-state index in [1.54, 1.807) is 18.2 Å². The quantitative estimate of drug-likeness (QED) is 0.912. The molecule has 0 spiro atoms. The highest BCUT2D eigenvalue weighted by Crippen LogP contribution is 2.21. The Bertz CT molecular complexity index is 616. The Morgan fingerprint density at radius 2 is 2.06 bits per heavy atom. The Kier molecular flexibility index (Phi) is 3.17. The fourth-order valence-corrected chi connectivity index (χ4v) is 1.99. The number of imidazole rings is 1. The van der Waals surface area contributed by atoms with Crippen molar-refractivity contribution < 1.29 is 5.11 Å². The number of halogens is 2. The van der Waals surface area contributed by atoms with Crippen LogP contribution in [0.3, 0.4) is 0 Å². The van der Waals surface area contributed by atoms with E-state index >= 15 is 0 Å². The molecule has 0 aliphatic carbocycles. The molecule has 0 aliphatic rings. The highest BCUT2D eigenvalue weighted by atomic mass is 35.5. The molecule has 0 saturated heterocycles. The standard InChI is InChI=1S/C11H10Cl2N2O2/c1-14-10(16)6-15(11(14)17)5-7-2-3-8(12)4-9(7)13/h2-4,6,16H,5H2,1H3. The maximum Gasteiger partial charge on any atom is 0.331 e. The van der Waals surface area contributed by atoms with Crippen molar-refractivity contribution in [1.29, 1.82) is 0 Å². The summed E-state index contributed by atoms with van der Waals surface area (Å²) in [4.78, 5) is 11.7. The van der Waals surface area contributed by atoms with Gasteiger partial charge in [0, 0.05) is 17.1 Å². The topological polar surface area (TPSA) is 47.2 Å². The van der Waals surface area contributed by atoms with Crippen molar-refractivity contribution in [3.05, 3.63) is 50.5 Å². The summed E-state index contributed by atoms with van der Waals surface area (Å²) in [6, 6.07) is 5.07. The van der Waals surface area contributed by atoms with E-state index in [0.717, 1.165) is 10.1 Å². The van der Waals surface area contributed by atoms with Gasteiger partial charge < -0.3 is 5.11 Å². The second-order valence-corrected chi connectivity index (χ2v) is 4.54. The van der Waals surface area contributed by atoms with Gasteiger partial charge in [0.1, 0.15) is 0 Å². The lowest BCUT2D eigenvalue weighted by molar-refractivity contribution is 0.429. The molecule has 0 atom stereocenters. The van der Waals surface area contributed by atoms with Crippen molar-refractivity contribution in [2.75, 3.05) is 0 Å². The van der Waals surface area contributed by atoms with Crippen LogP contribution in [-0.2, 0) is 13.6 Å². The molecule has 0 fully saturated rings. The summed E-state index contributed by atoms with van der Waals surface area (Å²) in [5.41, 5.74) is 0.470. The molecule has 2 rings (SSSR count). The zero-order valence-corrected chi connectivity index (χ0v) is 10.5. The zero-order chi connectivity index (χ0) is 12.6. The third kappa shape index (κ3) is 2.33. The highest BCUT2D eigenvalue weighted by molar-refractivity contribution is 6.35. The van der Waals surface area contributed by atoms with Gasteiger partial charge in [-0.15, -0.1) is 0 Å². The molecular weight excluding hydrogens is 263 g/mol. The molecule has 90 valence electrons. The minimum absolute atomic E-state index is 0.0833. The molecule has 0 bridgehead atoms. The van der Waals surface area contributed by atoms with E-state index in [1.165, 1.54) is 17.8 Å². The Labute approximate surface area is 108 Å². The molecule has 17 heavy (non-hydrogen) atoms. The summed E-state index contributed by atoms with van der Waals surface area (Å²) in [5, 5.41) is 10.4. The average molecular weight is 273 g/mol. The van der Waals surface area contributed by atoms with Crippen molar-refractivity contribution >= 4 is 23.2 Å². The minimum Gasteiger partial charge on any atom is -0.493 e. The van der Waals surface area contributed by atoms with E-state index in [2.05, 4.69) is 0 Å². The maximum atomic E-state index is 11.7. The SMILES string of the molecule is Cn1c(O)cn(Cc2ccc(Cl)cc2Cl)c1=O. The summed E-state index contributed by atoms with van der Waals surface area (Å²) >= 11 is 11.8. The van der Waals surface area contributed by atoms with Gasteiger partial charge in [-0.05, 0) is 17.7 Å². The first-order valence-corrected chi connectivity index (χ1v) is 5.63. The lowest BCUT2D eigenvalue weighted by atomic mass is 10.2. The van der Waals surface area contributed by atoms with Crippen LogP contribution >= 0.6 is 23.2 Å². The Hall–Kier alpha value is -1.39. The van der Waals surface area contributed by atoms with Crippen LogP contribution in [0, 0.1) is 0 Å². The van der Waals surface area contributed by atoms with Gasteiger partial charge in [0.25, 0.3) is 0 Å². The lowest BCUT2D eigenvalue weighted by Crippen LogP contribution is -2.22. The summed E-state index contributed by atoms with van der Waals surface area (Å²) in [6.07, 6.45) is 1.37. The van der Waals surface area contributed by atoms with Crippen LogP contribution in [0.1, 0.15) is 5.56 Å². The summed E-state index contributed by atoms with van der Waals surface area (Å²) in [5.74, 6) is -0.0833. The number of benzene rings is 1. The number of hydrogen-bond donors (Lipinski definition) is 1. The summed E-state index contributed by atoms with van der Waals surface area (Å²) in [7, 11) is 1.50. The third-order valence-electron chi connectivity index (χ3n) is 2.50. The van der Waals surface area contributed by atoms with Crippen LogP contribution in [0.4, 0.5) is 0 Å². The van der Waals surface area contributed by atoms with Crippen LogP contribution in [0.25, 0.3) is 0 Å². The normalized spacial score (nSPS) is 10.8. The predicted octanol–water partition coefficient (Wildman–Crippen LogP) is 2.25. The molecule has 0 saturated carbocycles. The van der Waals surface area contributed by atoms with E-state index in [0.29, 0.717) is 16.6 Å². The highest BCUT2D eigenvalue weighted by Gasteiger charge is 2.09. The molecule has 1 aromatic heterocycles. The number of aromatic hydroxyl groups is 1. The van der Waals surface area contributed by atoms with Gasteiger partial charge in [0.05, 0.1) is 12.7 Å². The molecule has 2 aromatic rings. The smallest absolute Gasteiger partial charge is 0.331 e. The first-order chi connectivity index (χ1) is 7.99. The molecule has 1 heterocycles. The van der Waals surface area contributed by atoms with Crippen LogP contribution in [-0.4, -0.2) is 14.2 Å². The van der Waals surface area contributed by atoms with Gasteiger partial charge in [0.2, 0.25) is 5.88 Å². The van der Waals surface area contributed by atoms with Crippen molar-refractivity contribution in [3.8, 4) is 5.88 Å². The first-order valence-electron chi connectivity index (χ1n) is 4.88. The van der Waals surface area contributed by atoms with Gasteiger partial charge in [-0.1, -0.05) is 29.3 Å². The van der Waals surface area contributed by atoms with Crippen LogP contribution in [0.2, 0.25) is 10.0 Å². The van der Waals surface area contributed by atoms with Crippen molar-refractivity contribution in [2.45, 2.75) is 6.54 Å². The summed E-state index contributed by atoms with van der Waals surface area (Å²) < 4.78 is 2.54. The number of nitrogens with zero attached hydrogens (tertiary/aromatic N) is 2. The first kappa shape index (κ1) is 12.1. The summed E-state index contributed by atoms with van der Waals surface area (Å²) in [6.45, 7) is 0.295. The molecule has 4 nitrogen and oxygen atoms in total. The lowest BCUT2D eigenvalue weighted by Gasteiger charge is -2.04. The number of rotatable bonds is 2. The molecular formula is C11H10Cl2N2O2. The molecule has 0 radical (unpaired) electrons. The molecule has 0 amide bonds. The van der Waals surface area contributed by atoms with Crippen LogP contribution in [0.15, 0.2) is 29.2 Å². The van der Waals surface area contributed by atoms with Gasteiger partial charge in [-0.25, -0.2) is 4.79 Å². The number of aromatic nitrogens is 2. The molecule has 1 aromatic carbocycles. The van der Waals surface area contributed by atoms with E-state index in [-0.39, 0.29) is 11.6 Å². The fourth-order valence-electron chi connectivity index (χ4n) is 1.52. The zero-order valence-electron chi connectivity index (χ0n) is 9.02. The van der Waals surface area contributed by atoms with Crippen molar-refractivity contribution in [1.82, 2.24) is 9.13 Å². The van der Waals surface area contributed by atoms with E-state index < -0.39 is 0 Å². The Balaban J connectivity index is 2.38. The predicted molar refractivity (Wildman–Crippen MR) is 66.9 cm³/mol. The van der Waals surface area contributed by atoms with E-state index in [1.807, 2.05) is 0 Å². The largest absolute Gasteiger partial charge is 0.493 e. The maximum absolute atomic E-state index is 11.7.